The Hall–Kier alpha value is 0.110. The number of sulfonamides is 1. The summed E-state index contributed by atoms with van der Waals surface area (Å²) in [6, 6.07) is -0.473. The minimum Gasteiger partial charge on any atom is -0.308 e. The molecule has 1 unspecified atom stereocenters. The molecule has 1 aliphatic rings. The zero-order valence-corrected chi connectivity index (χ0v) is 12.9. The number of nitrogens with zero attached hydrogens (tertiary/aromatic N) is 2. The van der Waals surface area contributed by atoms with Crippen molar-refractivity contribution in [2.24, 2.45) is 0 Å². The molecule has 0 aromatic heterocycles. The van der Waals surface area contributed by atoms with Crippen molar-refractivity contribution in [3.63, 3.8) is 0 Å². The molecule has 0 amide bonds. The lowest BCUT2D eigenvalue weighted by atomic mass is 10.2. The molecule has 0 aromatic rings. The third-order valence-corrected chi connectivity index (χ3v) is 6.93. The van der Waals surface area contributed by atoms with Crippen LogP contribution in [0.1, 0.15) is 6.42 Å². The van der Waals surface area contributed by atoms with E-state index in [0.717, 1.165) is 0 Å². The second kappa shape index (κ2) is 6.04. The van der Waals surface area contributed by atoms with E-state index in [1.54, 1.807) is 0 Å². The van der Waals surface area contributed by atoms with E-state index in [0.29, 0.717) is 13.0 Å². The first-order valence-electron chi connectivity index (χ1n) is 5.58. The van der Waals surface area contributed by atoms with Crippen molar-refractivity contribution in [3.05, 3.63) is 0 Å². The lowest BCUT2D eigenvalue weighted by Crippen LogP contribution is -2.44. The van der Waals surface area contributed by atoms with E-state index in [1.165, 1.54) is 4.31 Å². The Labute approximate surface area is 114 Å². The Balaban J connectivity index is 2.85. The minimum atomic E-state index is -3.58. The maximum atomic E-state index is 11.9. The van der Waals surface area contributed by atoms with Gasteiger partial charge in [0.05, 0.1) is 11.5 Å². The highest BCUT2D eigenvalue weighted by atomic mass is 35.5. The van der Waals surface area contributed by atoms with Gasteiger partial charge in [0.15, 0.2) is 9.84 Å². The summed E-state index contributed by atoms with van der Waals surface area (Å²) in [5, 5.41) is -0.517. The van der Waals surface area contributed by atoms with E-state index in [2.05, 4.69) is 0 Å². The van der Waals surface area contributed by atoms with Gasteiger partial charge >= 0.3 is 0 Å². The van der Waals surface area contributed by atoms with Crippen LogP contribution in [-0.2, 0) is 19.9 Å². The van der Waals surface area contributed by atoms with Gasteiger partial charge in [0.1, 0.15) is 5.21 Å². The largest absolute Gasteiger partial charge is 0.308 e. The average Bonchev–Trinajstić information content (AvgIpc) is 2.58. The molecule has 1 atom stereocenters. The van der Waals surface area contributed by atoms with Crippen molar-refractivity contribution in [2.75, 3.05) is 43.9 Å². The van der Waals surface area contributed by atoms with Crippen LogP contribution in [0.25, 0.3) is 0 Å². The Kier molecular flexibility index (Phi) is 5.43. The van der Waals surface area contributed by atoms with Crippen LogP contribution >= 0.6 is 11.6 Å². The van der Waals surface area contributed by atoms with Crippen molar-refractivity contribution in [3.8, 4) is 0 Å². The van der Waals surface area contributed by atoms with Crippen LogP contribution in [0, 0.1) is 0 Å². The summed E-state index contributed by atoms with van der Waals surface area (Å²) in [6.45, 7) is 0.801. The molecule has 6 nitrogen and oxygen atoms in total. The molecule has 0 saturated carbocycles. The normalized spacial score (nSPS) is 23.9. The molecule has 0 aromatic carbocycles. The molecule has 1 heterocycles. The third kappa shape index (κ3) is 4.34. The SMILES string of the molecule is CN(C)CCN(C1CCS(=O)(=O)C1)S(=O)(=O)CCl. The fourth-order valence-electron chi connectivity index (χ4n) is 1.91. The summed E-state index contributed by atoms with van der Waals surface area (Å²) < 4.78 is 47.9. The van der Waals surface area contributed by atoms with Gasteiger partial charge < -0.3 is 4.90 Å². The highest BCUT2D eigenvalue weighted by Gasteiger charge is 2.37. The quantitative estimate of drug-likeness (QED) is 0.621. The van der Waals surface area contributed by atoms with Gasteiger partial charge in [-0.2, -0.15) is 4.31 Å². The fraction of sp³-hybridized carbons (Fsp3) is 1.00. The van der Waals surface area contributed by atoms with Crippen molar-refractivity contribution >= 4 is 31.5 Å². The van der Waals surface area contributed by atoms with E-state index >= 15 is 0 Å². The highest BCUT2D eigenvalue weighted by Crippen LogP contribution is 2.21. The first-order chi connectivity index (χ1) is 8.18. The zero-order valence-electron chi connectivity index (χ0n) is 10.5. The summed E-state index contributed by atoms with van der Waals surface area (Å²) >= 11 is 5.46. The zero-order chi connectivity index (χ0) is 14.0. The summed E-state index contributed by atoms with van der Waals surface area (Å²) in [4.78, 5) is 1.85. The van der Waals surface area contributed by atoms with E-state index in [4.69, 9.17) is 11.6 Å². The molecule has 0 radical (unpaired) electrons. The van der Waals surface area contributed by atoms with Crippen LogP contribution in [0.15, 0.2) is 0 Å². The van der Waals surface area contributed by atoms with Gasteiger partial charge in [0.2, 0.25) is 10.0 Å². The van der Waals surface area contributed by atoms with Crippen LogP contribution in [0.4, 0.5) is 0 Å². The molecule has 0 N–H and O–H groups in total. The monoisotopic (exact) mass is 318 g/mol. The smallest absolute Gasteiger partial charge is 0.228 e. The Morgan fingerprint density at radius 3 is 2.28 bits per heavy atom. The number of alkyl halides is 1. The van der Waals surface area contributed by atoms with Gasteiger partial charge in [0, 0.05) is 19.1 Å². The first-order valence-corrected chi connectivity index (χ1v) is 9.55. The van der Waals surface area contributed by atoms with E-state index < -0.39 is 31.1 Å². The number of hydrogen-bond acceptors (Lipinski definition) is 5. The fourth-order valence-corrected chi connectivity index (χ4v) is 5.23. The highest BCUT2D eigenvalue weighted by molar-refractivity contribution is 7.92. The number of hydrogen-bond donors (Lipinski definition) is 0. The summed E-state index contributed by atoms with van der Waals surface area (Å²) in [5.41, 5.74) is 0. The second-order valence-corrected chi connectivity index (χ2v) is 9.43. The average molecular weight is 319 g/mol. The molecule has 0 aliphatic carbocycles. The van der Waals surface area contributed by atoms with Crippen molar-refractivity contribution in [2.45, 2.75) is 12.5 Å². The molecule has 9 heteroatoms. The van der Waals surface area contributed by atoms with E-state index in [1.807, 2.05) is 19.0 Å². The molecule has 1 saturated heterocycles. The van der Waals surface area contributed by atoms with Gasteiger partial charge in [-0.25, -0.2) is 16.8 Å². The van der Waals surface area contributed by atoms with E-state index in [-0.39, 0.29) is 18.1 Å². The second-order valence-electron chi connectivity index (χ2n) is 4.69. The molecule has 1 rings (SSSR count). The van der Waals surface area contributed by atoms with Crippen molar-refractivity contribution < 1.29 is 16.8 Å². The van der Waals surface area contributed by atoms with Gasteiger partial charge in [-0.15, -0.1) is 11.6 Å². The molecule has 1 aliphatic heterocycles. The molecule has 1 fully saturated rings. The molecule has 0 spiro atoms. The van der Waals surface area contributed by atoms with Crippen LogP contribution in [0.5, 0.6) is 0 Å². The lowest BCUT2D eigenvalue weighted by Gasteiger charge is -2.27. The Morgan fingerprint density at radius 2 is 1.89 bits per heavy atom. The molecule has 108 valence electrons. The maximum absolute atomic E-state index is 11.9. The summed E-state index contributed by atoms with van der Waals surface area (Å²) in [7, 11) is -3.03. The topological polar surface area (TPSA) is 74.8 Å². The predicted octanol–water partition coefficient (Wildman–Crippen LogP) is -0.437. The lowest BCUT2D eigenvalue weighted by molar-refractivity contribution is 0.294. The number of halogens is 1. The van der Waals surface area contributed by atoms with Crippen molar-refractivity contribution in [1.29, 1.82) is 0 Å². The minimum absolute atomic E-state index is 0.0495. The van der Waals surface area contributed by atoms with Gasteiger partial charge in [-0.05, 0) is 20.5 Å². The molecule has 0 bridgehead atoms. The number of rotatable bonds is 6. The van der Waals surface area contributed by atoms with Crippen LogP contribution in [-0.4, -0.2) is 76.0 Å². The van der Waals surface area contributed by atoms with Gasteiger partial charge in [-0.1, -0.05) is 0 Å². The summed E-state index contributed by atoms with van der Waals surface area (Å²) in [5.74, 6) is -0.0511. The molecular weight excluding hydrogens is 300 g/mol. The first kappa shape index (κ1) is 16.2. The Bertz CT molecular complexity index is 475. The van der Waals surface area contributed by atoms with E-state index in [9.17, 15) is 16.8 Å². The van der Waals surface area contributed by atoms with Gasteiger partial charge in [-0.3, -0.25) is 0 Å². The number of likely N-dealkylation sites (N-methyl/N-ethyl adjacent to an activating group) is 1. The predicted molar refractivity (Wildman–Crippen MR) is 72.0 cm³/mol. The van der Waals surface area contributed by atoms with Gasteiger partial charge in [0.25, 0.3) is 0 Å². The number of sulfone groups is 1. The molecule has 18 heavy (non-hydrogen) atoms. The Morgan fingerprint density at radius 1 is 1.28 bits per heavy atom. The van der Waals surface area contributed by atoms with Crippen LogP contribution in [0.3, 0.4) is 0 Å². The van der Waals surface area contributed by atoms with Crippen LogP contribution < -0.4 is 0 Å². The third-order valence-electron chi connectivity index (χ3n) is 2.88. The maximum Gasteiger partial charge on any atom is 0.228 e. The van der Waals surface area contributed by atoms with Crippen molar-refractivity contribution in [1.82, 2.24) is 9.21 Å². The molecular formula is C9H19ClN2O4S2. The standard InChI is InChI=1S/C9H19ClN2O4S2/c1-11(2)4-5-12(18(15,16)8-10)9-3-6-17(13,14)7-9/h9H,3-8H2,1-2H3. The summed E-state index contributed by atoms with van der Waals surface area (Å²) in [6.07, 6.45) is 0.353. The van der Waals surface area contributed by atoms with Crippen LogP contribution in [0.2, 0.25) is 0 Å².